The van der Waals surface area contributed by atoms with E-state index in [0.29, 0.717) is 44.8 Å². The lowest BCUT2D eigenvalue weighted by Gasteiger charge is -2.16. The summed E-state index contributed by atoms with van der Waals surface area (Å²) in [6, 6.07) is 33.6. The first-order valence-electron chi connectivity index (χ1n) is 11.0. The maximum Gasteiger partial charge on any atom is 0.263 e. The Hall–Kier alpha value is -5.26. The molecule has 0 radical (unpaired) electrons. The van der Waals surface area contributed by atoms with Crippen molar-refractivity contribution in [2.75, 3.05) is 0 Å². The smallest absolute Gasteiger partial charge is 0.263 e. The second kappa shape index (κ2) is 9.31. The van der Waals surface area contributed by atoms with Gasteiger partial charge >= 0.3 is 0 Å². The summed E-state index contributed by atoms with van der Waals surface area (Å²) in [5.41, 5.74) is 4.93. The molecule has 0 bridgehead atoms. The Morgan fingerprint density at radius 3 is 2.11 bits per heavy atom. The van der Waals surface area contributed by atoms with Gasteiger partial charge in [0.15, 0.2) is 0 Å². The third-order valence-corrected chi connectivity index (χ3v) is 5.80. The molecule has 0 saturated heterocycles. The van der Waals surface area contributed by atoms with Crippen LogP contribution in [0.15, 0.2) is 114 Å². The average Bonchev–Trinajstić information content (AvgIpc) is 2.93. The lowest BCUT2D eigenvalue weighted by Crippen LogP contribution is -2.20. The second-order valence-electron chi connectivity index (χ2n) is 7.87. The second-order valence-corrected chi connectivity index (χ2v) is 7.87. The summed E-state index contributed by atoms with van der Waals surface area (Å²) in [5, 5.41) is 19.7. The SMILES string of the molecule is N#Cc1ccccc1-c1c(C#N)cccc1-c1cc(-c2ccccn2)cn(-c2ccccc2)c1=O. The quantitative estimate of drug-likeness (QED) is 0.337. The number of hydrogen-bond acceptors (Lipinski definition) is 4. The molecule has 2 heterocycles. The Bertz CT molecular complexity index is 1670. The molecule has 0 spiro atoms. The molecule has 0 atom stereocenters. The van der Waals surface area contributed by atoms with Gasteiger partial charge in [0.25, 0.3) is 5.56 Å². The molecule has 0 aliphatic heterocycles. The van der Waals surface area contributed by atoms with Crippen molar-refractivity contribution in [3.05, 3.63) is 131 Å². The van der Waals surface area contributed by atoms with Crippen LogP contribution < -0.4 is 5.56 Å². The molecular weight excluding hydrogens is 432 g/mol. The van der Waals surface area contributed by atoms with Crippen LogP contribution in [0, 0.1) is 22.7 Å². The Kier molecular flexibility index (Phi) is 5.74. The number of para-hydroxylation sites is 1. The molecule has 3 aromatic carbocycles. The average molecular weight is 451 g/mol. The van der Waals surface area contributed by atoms with E-state index in [4.69, 9.17) is 0 Å². The molecule has 5 heteroatoms. The summed E-state index contributed by atoms with van der Waals surface area (Å²) in [4.78, 5) is 18.4. The minimum Gasteiger partial charge on any atom is -0.283 e. The van der Waals surface area contributed by atoms with E-state index in [2.05, 4.69) is 17.1 Å². The highest BCUT2D eigenvalue weighted by atomic mass is 16.1. The van der Waals surface area contributed by atoms with Crippen molar-refractivity contribution in [2.45, 2.75) is 0 Å². The Morgan fingerprint density at radius 1 is 0.686 bits per heavy atom. The highest BCUT2D eigenvalue weighted by molar-refractivity contribution is 5.90. The van der Waals surface area contributed by atoms with Gasteiger partial charge in [0.2, 0.25) is 0 Å². The van der Waals surface area contributed by atoms with Crippen molar-refractivity contribution < 1.29 is 0 Å². The van der Waals surface area contributed by atoms with Crippen LogP contribution in [0.5, 0.6) is 0 Å². The van der Waals surface area contributed by atoms with Gasteiger partial charge in [0.05, 0.1) is 29.0 Å². The lowest BCUT2D eigenvalue weighted by molar-refractivity contribution is 0.993. The predicted molar refractivity (Wildman–Crippen MR) is 136 cm³/mol. The molecule has 5 rings (SSSR count). The fourth-order valence-corrected chi connectivity index (χ4v) is 4.19. The van der Waals surface area contributed by atoms with Gasteiger partial charge in [0.1, 0.15) is 0 Å². The summed E-state index contributed by atoms with van der Waals surface area (Å²) in [6.07, 6.45) is 3.48. The first-order chi connectivity index (χ1) is 17.2. The molecular formula is C30H18N4O. The molecule has 0 fully saturated rings. The zero-order valence-corrected chi connectivity index (χ0v) is 18.6. The van der Waals surface area contributed by atoms with Gasteiger partial charge < -0.3 is 0 Å². The topological polar surface area (TPSA) is 82.5 Å². The number of rotatable bonds is 4. The summed E-state index contributed by atoms with van der Waals surface area (Å²) >= 11 is 0. The third-order valence-electron chi connectivity index (χ3n) is 5.80. The van der Waals surface area contributed by atoms with E-state index in [0.717, 1.165) is 5.56 Å². The largest absolute Gasteiger partial charge is 0.283 e. The summed E-state index contributed by atoms with van der Waals surface area (Å²) in [6.45, 7) is 0. The van der Waals surface area contributed by atoms with Crippen LogP contribution in [0.1, 0.15) is 11.1 Å². The fourth-order valence-electron chi connectivity index (χ4n) is 4.19. The maximum absolute atomic E-state index is 13.9. The zero-order chi connectivity index (χ0) is 24.2. The van der Waals surface area contributed by atoms with E-state index in [1.807, 2.05) is 60.7 Å². The van der Waals surface area contributed by atoms with Gasteiger partial charge in [-0.1, -0.05) is 54.6 Å². The lowest BCUT2D eigenvalue weighted by atomic mass is 9.88. The molecule has 0 saturated carbocycles. The highest BCUT2D eigenvalue weighted by Gasteiger charge is 2.19. The van der Waals surface area contributed by atoms with E-state index in [1.54, 1.807) is 53.4 Å². The van der Waals surface area contributed by atoms with E-state index in [-0.39, 0.29) is 5.56 Å². The van der Waals surface area contributed by atoms with Crippen molar-refractivity contribution in [3.8, 4) is 51.3 Å². The number of pyridine rings is 2. The van der Waals surface area contributed by atoms with Gasteiger partial charge in [-0.15, -0.1) is 0 Å². The van der Waals surface area contributed by atoms with Gasteiger partial charge in [0, 0.05) is 40.3 Å². The van der Waals surface area contributed by atoms with E-state index < -0.39 is 0 Å². The molecule has 5 aromatic rings. The minimum atomic E-state index is -0.235. The number of benzene rings is 3. The van der Waals surface area contributed by atoms with E-state index in [9.17, 15) is 15.3 Å². The van der Waals surface area contributed by atoms with Gasteiger partial charge in [-0.05, 0) is 48.0 Å². The van der Waals surface area contributed by atoms with Crippen LogP contribution in [0.4, 0.5) is 0 Å². The predicted octanol–water partition coefficient (Wildman–Crippen LogP) is 5.98. The van der Waals surface area contributed by atoms with Gasteiger partial charge in [-0.2, -0.15) is 10.5 Å². The monoisotopic (exact) mass is 450 g/mol. The molecule has 5 nitrogen and oxygen atoms in total. The van der Waals surface area contributed by atoms with Crippen molar-refractivity contribution in [2.24, 2.45) is 0 Å². The first-order valence-corrected chi connectivity index (χ1v) is 11.0. The molecule has 0 aliphatic rings. The van der Waals surface area contributed by atoms with Crippen molar-refractivity contribution in [3.63, 3.8) is 0 Å². The Morgan fingerprint density at radius 2 is 1.37 bits per heavy atom. The fraction of sp³-hybridized carbons (Fsp3) is 0. The Balaban J connectivity index is 1.88. The van der Waals surface area contributed by atoms with Crippen molar-refractivity contribution >= 4 is 0 Å². The molecule has 164 valence electrons. The Labute approximate surface area is 202 Å². The summed E-state index contributed by atoms with van der Waals surface area (Å²) in [5.74, 6) is 0. The standard InChI is InChI=1S/C30H18N4O/c31-18-21-9-4-5-13-25(21)29-22(19-32)10-8-14-26(29)27-17-23(28-15-6-7-16-33-28)20-34(30(27)35)24-11-2-1-3-12-24/h1-17,20H. The third kappa shape index (κ3) is 3.99. The molecule has 2 aromatic heterocycles. The molecule has 0 aliphatic carbocycles. The molecule has 0 unspecified atom stereocenters. The van der Waals surface area contributed by atoms with Gasteiger partial charge in [-0.25, -0.2) is 0 Å². The van der Waals surface area contributed by atoms with Crippen LogP contribution in [-0.4, -0.2) is 9.55 Å². The van der Waals surface area contributed by atoms with Crippen molar-refractivity contribution in [1.29, 1.82) is 10.5 Å². The van der Waals surface area contributed by atoms with E-state index >= 15 is 0 Å². The highest BCUT2D eigenvalue weighted by Crippen LogP contribution is 2.36. The van der Waals surface area contributed by atoms with Crippen LogP contribution in [0.3, 0.4) is 0 Å². The number of hydrogen-bond donors (Lipinski definition) is 0. The van der Waals surface area contributed by atoms with Crippen LogP contribution >= 0.6 is 0 Å². The van der Waals surface area contributed by atoms with Crippen molar-refractivity contribution in [1.82, 2.24) is 9.55 Å². The van der Waals surface area contributed by atoms with Gasteiger partial charge in [-0.3, -0.25) is 14.3 Å². The summed E-state index contributed by atoms with van der Waals surface area (Å²) in [7, 11) is 0. The number of nitriles is 2. The number of aromatic nitrogens is 2. The first kappa shape index (κ1) is 21.6. The molecule has 0 N–H and O–H groups in total. The van der Waals surface area contributed by atoms with Crippen LogP contribution in [0.25, 0.3) is 39.2 Å². The van der Waals surface area contributed by atoms with E-state index in [1.165, 1.54) is 0 Å². The molecule has 0 amide bonds. The normalized spacial score (nSPS) is 10.3. The number of nitrogens with zero attached hydrogens (tertiary/aromatic N) is 4. The van der Waals surface area contributed by atoms with Crippen LogP contribution in [0.2, 0.25) is 0 Å². The molecule has 35 heavy (non-hydrogen) atoms. The van der Waals surface area contributed by atoms with Crippen LogP contribution in [-0.2, 0) is 0 Å². The minimum absolute atomic E-state index is 0.235. The summed E-state index contributed by atoms with van der Waals surface area (Å²) < 4.78 is 1.60. The maximum atomic E-state index is 13.9. The zero-order valence-electron chi connectivity index (χ0n) is 18.6.